The molecule has 0 radical (unpaired) electrons. The molecule has 0 atom stereocenters. The highest BCUT2D eigenvalue weighted by atomic mass is 16.3. The Balaban J connectivity index is 1.39. The van der Waals surface area contributed by atoms with Gasteiger partial charge in [-0.1, -0.05) is 61.4 Å². The average Bonchev–Trinajstić information content (AvgIpc) is 3.43. The average molecular weight is 448 g/mol. The van der Waals surface area contributed by atoms with Gasteiger partial charge in [0.1, 0.15) is 22.3 Å². The number of benzene rings is 4. The summed E-state index contributed by atoms with van der Waals surface area (Å²) in [6.07, 6.45) is 5.73. The van der Waals surface area contributed by atoms with Gasteiger partial charge in [0.05, 0.1) is 0 Å². The van der Waals surface area contributed by atoms with E-state index in [9.17, 15) is 0 Å². The Labute approximate surface area is 199 Å². The molecule has 0 aliphatic carbocycles. The van der Waals surface area contributed by atoms with Gasteiger partial charge in [-0.15, -0.1) is 0 Å². The number of nitrogens with two attached hydrogens (primary N) is 1. The van der Waals surface area contributed by atoms with Gasteiger partial charge in [-0.05, 0) is 79.3 Å². The van der Waals surface area contributed by atoms with Crippen LogP contribution in [0.1, 0.15) is 36.8 Å². The van der Waals surface area contributed by atoms with E-state index in [2.05, 4.69) is 79.7 Å². The number of furan rings is 2. The molecule has 4 aromatic carbocycles. The van der Waals surface area contributed by atoms with E-state index in [4.69, 9.17) is 14.6 Å². The van der Waals surface area contributed by atoms with Crippen LogP contribution in [0.4, 0.5) is 0 Å². The highest BCUT2D eigenvalue weighted by Crippen LogP contribution is 2.37. The fourth-order valence-corrected chi connectivity index (χ4v) is 5.17. The van der Waals surface area contributed by atoms with Crippen molar-refractivity contribution in [3.63, 3.8) is 0 Å². The predicted octanol–water partition coefficient (Wildman–Crippen LogP) is 8.52. The molecule has 170 valence electrons. The second-order valence-corrected chi connectivity index (χ2v) is 9.32. The molecule has 0 amide bonds. The number of aryl methyl sites for hydroxylation is 2. The molecule has 0 saturated heterocycles. The van der Waals surface area contributed by atoms with E-state index in [1.54, 1.807) is 0 Å². The zero-order valence-corrected chi connectivity index (χ0v) is 19.6. The second-order valence-electron chi connectivity index (χ2n) is 9.32. The van der Waals surface area contributed by atoms with Crippen LogP contribution in [0.2, 0.25) is 0 Å². The molecule has 2 N–H and O–H groups in total. The van der Waals surface area contributed by atoms with Crippen LogP contribution in [0.3, 0.4) is 0 Å². The molecule has 6 aromatic rings. The van der Waals surface area contributed by atoms with Crippen molar-refractivity contribution in [2.24, 2.45) is 5.73 Å². The Morgan fingerprint density at radius 1 is 0.618 bits per heavy atom. The number of hydrogen-bond donors (Lipinski definition) is 1. The predicted molar refractivity (Wildman–Crippen MR) is 142 cm³/mol. The molecule has 0 spiro atoms. The molecular formula is C31H29NO2. The lowest BCUT2D eigenvalue weighted by atomic mass is 9.99. The molecular weight excluding hydrogens is 418 g/mol. The third kappa shape index (κ3) is 3.57. The van der Waals surface area contributed by atoms with Crippen LogP contribution < -0.4 is 5.73 Å². The minimum atomic E-state index is 0.783. The van der Waals surface area contributed by atoms with Crippen LogP contribution in [0.5, 0.6) is 0 Å². The Bertz CT molecular complexity index is 1640. The zero-order chi connectivity index (χ0) is 23.1. The van der Waals surface area contributed by atoms with Crippen molar-refractivity contribution in [1.29, 1.82) is 0 Å². The molecule has 0 bridgehead atoms. The molecule has 6 rings (SSSR count). The largest absolute Gasteiger partial charge is 0.456 e. The van der Waals surface area contributed by atoms with Gasteiger partial charge in [-0.25, -0.2) is 0 Å². The first-order valence-electron chi connectivity index (χ1n) is 12.3. The lowest BCUT2D eigenvalue weighted by Gasteiger charge is -2.03. The zero-order valence-electron chi connectivity index (χ0n) is 19.6. The second kappa shape index (κ2) is 8.66. The fourth-order valence-electron chi connectivity index (χ4n) is 5.17. The van der Waals surface area contributed by atoms with Crippen molar-refractivity contribution in [1.82, 2.24) is 0 Å². The molecule has 0 fully saturated rings. The van der Waals surface area contributed by atoms with Gasteiger partial charge >= 0.3 is 0 Å². The smallest absolute Gasteiger partial charge is 0.138 e. The van der Waals surface area contributed by atoms with E-state index in [-0.39, 0.29) is 0 Å². The maximum atomic E-state index is 6.35. The van der Waals surface area contributed by atoms with E-state index in [0.29, 0.717) is 0 Å². The summed E-state index contributed by atoms with van der Waals surface area (Å²) >= 11 is 0. The minimum absolute atomic E-state index is 0.783. The summed E-state index contributed by atoms with van der Waals surface area (Å²) in [4.78, 5) is 0. The molecule has 2 aromatic heterocycles. The highest BCUT2D eigenvalue weighted by molar-refractivity contribution is 6.09. The SMILES string of the molecule is Cc1cccc2c1oc1ccc(-c3ccc4oc5c(CCCCCCN)cccc5c4c3)cc12. The Hall–Kier alpha value is -3.56. The van der Waals surface area contributed by atoms with Crippen LogP contribution in [0.25, 0.3) is 55.0 Å². The van der Waals surface area contributed by atoms with Crippen molar-refractivity contribution in [3.05, 3.63) is 83.9 Å². The molecule has 0 saturated carbocycles. The quantitative estimate of drug-likeness (QED) is 0.249. The summed E-state index contributed by atoms with van der Waals surface area (Å²) in [6.45, 7) is 2.88. The topological polar surface area (TPSA) is 52.3 Å². The van der Waals surface area contributed by atoms with Gasteiger partial charge in [0.15, 0.2) is 0 Å². The number of unbranched alkanes of at least 4 members (excludes halogenated alkanes) is 3. The maximum absolute atomic E-state index is 6.35. The van der Waals surface area contributed by atoms with E-state index >= 15 is 0 Å². The number of para-hydroxylation sites is 2. The third-order valence-corrected chi connectivity index (χ3v) is 7.01. The molecule has 34 heavy (non-hydrogen) atoms. The van der Waals surface area contributed by atoms with Crippen molar-refractivity contribution < 1.29 is 8.83 Å². The summed E-state index contributed by atoms with van der Waals surface area (Å²) in [6, 6.07) is 25.9. The highest BCUT2D eigenvalue weighted by Gasteiger charge is 2.13. The summed E-state index contributed by atoms with van der Waals surface area (Å²) in [5.41, 5.74) is 14.3. The summed E-state index contributed by atoms with van der Waals surface area (Å²) in [5.74, 6) is 0. The number of hydrogen-bond acceptors (Lipinski definition) is 3. The summed E-state index contributed by atoms with van der Waals surface area (Å²) in [7, 11) is 0. The lowest BCUT2D eigenvalue weighted by Crippen LogP contribution is -1.97. The standard InChI is InChI=1S/C31H29NO2/c1-20-8-6-11-24-26-18-22(13-15-28(26)33-30(20)24)23-14-16-29-27(19-23)25-12-7-10-21(31(25)34-29)9-4-2-3-5-17-32/h6-8,10-16,18-19H,2-5,9,17,32H2,1H3. The first kappa shape index (κ1) is 21.0. The minimum Gasteiger partial charge on any atom is -0.456 e. The monoisotopic (exact) mass is 447 g/mol. The van der Waals surface area contributed by atoms with Crippen LogP contribution in [0, 0.1) is 6.92 Å². The normalized spacial score (nSPS) is 11.9. The van der Waals surface area contributed by atoms with Gasteiger partial charge < -0.3 is 14.6 Å². The molecule has 0 aliphatic rings. The van der Waals surface area contributed by atoms with Crippen molar-refractivity contribution in [2.45, 2.75) is 39.0 Å². The van der Waals surface area contributed by atoms with Gasteiger partial charge in [-0.2, -0.15) is 0 Å². The Morgan fingerprint density at radius 2 is 1.24 bits per heavy atom. The molecule has 0 unspecified atom stereocenters. The Kier molecular flexibility index (Phi) is 5.35. The summed E-state index contributed by atoms with van der Waals surface area (Å²) < 4.78 is 12.5. The van der Waals surface area contributed by atoms with Crippen LogP contribution >= 0.6 is 0 Å². The number of rotatable bonds is 7. The van der Waals surface area contributed by atoms with Crippen LogP contribution in [0.15, 0.2) is 81.6 Å². The molecule has 3 nitrogen and oxygen atoms in total. The van der Waals surface area contributed by atoms with Crippen molar-refractivity contribution >= 4 is 43.9 Å². The van der Waals surface area contributed by atoms with E-state index < -0.39 is 0 Å². The van der Waals surface area contributed by atoms with Crippen LogP contribution in [-0.4, -0.2) is 6.54 Å². The third-order valence-electron chi connectivity index (χ3n) is 7.01. The number of fused-ring (bicyclic) bond motifs is 6. The molecule has 0 aliphatic heterocycles. The van der Waals surface area contributed by atoms with Gasteiger partial charge in [0, 0.05) is 21.5 Å². The van der Waals surface area contributed by atoms with Gasteiger partial charge in [0.25, 0.3) is 0 Å². The van der Waals surface area contributed by atoms with Gasteiger partial charge in [-0.3, -0.25) is 0 Å². The Morgan fingerprint density at radius 3 is 1.94 bits per heavy atom. The molecule has 2 heterocycles. The van der Waals surface area contributed by atoms with Crippen molar-refractivity contribution in [2.75, 3.05) is 6.54 Å². The van der Waals surface area contributed by atoms with Gasteiger partial charge in [0.2, 0.25) is 0 Å². The lowest BCUT2D eigenvalue weighted by molar-refractivity contribution is 0.633. The summed E-state index contributed by atoms with van der Waals surface area (Å²) in [5, 5.41) is 4.69. The van der Waals surface area contributed by atoms with E-state index in [0.717, 1.165) is 52.7 Å². The maximum Gasteiger partial charge on any atom is 0.138 e. The van der Waals surface area contributed by atoms with Crippen LogP contribution in [-0.2, 0) is 6.42 Å². The first-order valence-corrected chi connectivity index (χ1v) is 12.3. The first-order chi connectivity index (χ1) is 16.7. The fraction of sp³-hybridized carbons (Fsp3) is 0.226. The van der Waals surface area contributed by atoms with E-state index in [1.165, 1.54) is 52.1 Å². The van der Waals surface area contributed by atoms with Crippen molar-refractivity contribution in [3.8, 4) is 11.1 Å². The van der Waals surface area contributed by atoms with E-state index in [1.807, 2.05) is 0 Å². The molecule has 3 heteroatoms.